The molecular weight excluding hydrogens is 251 g/mol. The molecule has 1 aliphatic heterocycles. The van der Waals surface area contributed by atoms with Crippen LogP contribution < -0.4 is 10.2 Å². The predicted molar refractivity (Wildman–Crippen MR) is 80.6 cm³/mol. The van der Waals surface area contributed by atoms with E-state index in [4.69, 9.17) is 0 Å². The van der Waals surface area contributed by atoms with Gasteiger partial charge in [0.1, 0.15) is 5.82 Å². The summed E-state index contributed by atoms with van der Waals surface area (Å²) in [5, 5.41) is 3.44. The predicted octanol–water partition coefficient (Wildman–Crippen LogP) is 3.15. The minimum atomic E-state index is -0.160. The standard InChI is InChI=1S/C17H19FN2/c1-20(17-9-5-4-8-16(17)18)12-14-11-19-10-13-6-2-3-7-15(13)14/h2-9,14,19H,10-12H2,1H3. The molecule has 0 saturated heterocycles. The molecule has 2 aromatic carbocycles. The second-order valence-corrected chi connectivity index (χ2v) is 5.36. The second kappa shape index (κ2) is 5.63. The van der Waals surface area contributed by atoms with Crippen LogP contribution >= 0.6 is 0 Å². The molecule has 0 aliphatic carbocycles. The van der Waals surface area contributed by atoms with Gasteiger partial charge in [0.2, 0.25) is 0 Å². The van der Waals surface area contributed by atoms with Crippen molar-refractivity contribution in [3.8, 4) is 0 Å². The second-order valence-electron chi connectivity index (χ2n) is 5.36. The van der Waals surface area contributed by atoms with Crippen LogP contribution in [0, 0.1) is 5.82 Å². The normalized spacial score (nSPS) is 17.6. The van der Waals surface area contributed by atoms with Crippen LogP contribution in [-0.4, -0.2) is 20.1 Å². The van der Waals surface area contributed by atoms with Gasteiger partial charge in [-0.3, -0.25) is 0 Å². The van der Waals surface area contributed by atoms with Crippen LogP contribution in [0.25, 0.3) is 0 Å². The van der Waals surface area contributed by atoms with E-state index < -0.39 is 0 Å². The highest BCUT2D eigenvalue weighted by Gasteiger charge is 2.21. The zero-order chi connectivity index (χ0) is 13.9. The number of rotatable bonds is 3. The molecule has 1 N–H and O–H groups in total. The van der Waals surface area contributed by atoms with Crippen LogP contribution in [0.2, 0.25) is 0 Å². The van der Waals surface area contributed by atoms with Gasteiger partial charge in [0.05, 0.1) is 5.69 Å². The third kappa shape index (κ3) is 2.54. The quantitative estimate of drug-likeness (QED) is 0.921. The van der Waals surface area contributed by atoms with Crippen molar-refractivity contribution in [1.29, 1.82) is 0 Å². The van der Waals surface area contributed by atoms with E-state index in [1.165, 1.54) is 17.2 Å². The van der Waals surface area contributed by atoms with Crippen molar-refractivity contribution in [1.82, 2.24) is 5.32 Å². The molecule has 3 heteroatoms. The van der Waals surface area contributed by atoms with Gasteiger partial charge in [-0.05, 0) is 23.3 Å². The van der Waals surface area contributed by atoms with E-state index >= 15 is 0 Å². The summed E-state index contributed by atoms with van der Waals surface area (Å²) < 4.78 is 13.8. The third-order valence-corrected chi connectivity index (χ3v) is 3.96. The zero-order valence-electron chi connectivity index (χ0n) is 11.6. The fourth-order valence-electron chi connectivity index (χ4n) is 2.94. The highest BCUT2D eigenvalue weighted by atomic mass is 19.1. The van der Waals surface area contributed by atoms with Gasteiger partial charge in [-0.1, -0.05) is 36.4 Å². The lowest BCUT2D eigenvalue weighted by Gasteiger charge is -2.31. The number of likely N-dealkylation sites (N-methyl/N-ethyl adjacent to an activating group) is 1. The Morgan fingerprint density at radius 3 is 2.75 bits per heavy atom. The lowest BCUT2D eigenvalue weighted by Crippen LogP contribution is -2.35. The Balaban J connectivity index is 1.81. The maximum absolute atomic E-state index is 13.8. The first-order valence-corrected chi connectivity index (χ1v) is 7.00. The summed E-state index contributed by atoms with van der Waals surface area (Å²) in [6, 6.07) is 15.5. The molecule has 0 aromatic heterocycles. The minimum absolute atomic E-state index is 0.160. The Morgan fingerprint density at radius 1 is 1.15 bits per heavy atom. The van der Waals surface area contributed by atoms with Crippen LogP contribution in [0.15, 0.2) is 48.5 Å². The molecule has 2 nitrogen and oxygen atoms in total. The molecule has 0 bridgehead atoms. The number of anilines is 1. The summed E-state index contributed by atoms with van der Waals surface area (Å²) in [5.41, 5.74) is 3.40. The summed E-state index contributed by atoms with van der Waals surface area (Å²) in [5.74, 6) is 0.233. The van der Waals surface area contributed by atoms with E-state index in [1.807, 2.05) is 24.1 Å². The lowest BCUT2D eigenvalue weighted by atomic mass is 9.90. The molecule has 1 atom stereocenters. The molecule has 0 amide bonds. The van der Waals surface area contributed by atoms with Gasteiger partial charge < -0.3 is 10.2 Å². The average Bonchev–Trinajstić information content (AvgIpc) is 2.48. The number of nitrogens with one attached hydrogen (secondary N) is 1. The van der Waals surface area contributed by atoms with Crippen LogP contribution in [-0.2, 0) is 6.54 Å². The Hall–Kier alpha value is -1.87. The van der Waals surface area contributed by atoms with Crippen molar-refractivity contribution in [2.45, 2.75) is 12.5 Å². The van der Waals surface area contributed by atoms with Crippen molar-refractivity contribution in [2.24, 2.45) is 0 Å². The number of halogens is 1. The molecule has 2 aromatic rings. The number of hydrogen-bond donors (Lipinski definition) is 1. The van der Waals surface area contributed by atoms with E-state index in [1.54, 1.807) is 6.07 Å². The summed E-state index contributed by atoms with van der Waals surface area (Å²) in [7, 11) is 1.95. The molecule has 0 saturated carbocycles. The van der Waals surface area contributed by atoms with E-state index in [2.05, 4.69) is 29.6 Å². The van der Waals surface area contributed by atoms with Gasteiger partial charge >= 0.3 is 0 Å². The summed E-state index contributed by atoms with van der Waals surface area (Å²) >= 11 is 0. The molecule has 1 heterocycles. The lowest BCUT2D eigenvalue weighted by molar-refractivity contribution is 0.535. The van der Waals surface area contributed by atoms with E-state index in [0.29, 0.717) is 11.6 Å². The topological polar surface area (TPSA) is 15.3 Å². The van der Waals surface area contributed by atoms with Crippen LogP contribution in [0.4, 0.5) is 10.1 Å². The van der Waals surface area contributed by atoms with Crippen molar-refractivity contribution < 1.29 is 4.39 Å². The van der Waals surface area contributed by atoms with Crippen LogP contribution in [0.3, 0.4) is 0 Å². The van der Waals surface area contributed by atoms with Gasteiger partial charge in [-0.2, -0.15) is 0 Å². The Morgan fingerprint density at radius 2 is 1.90 bits per heavy atom. The van der Waals surface area contributed by atoms with Gasteiger partial charge in [-0.15, -0.1) is 0 Å². The number of benzene rings is 2. The van der Waals surface area contributed by atoms with Crippen molar-refractivity contribution in [3.63, 3.8) is 0 Å². The van der Waals surface area contributed by atoms with Crippen molar-refractivity contribution in [3.05, 3.63) is 65.5 Å². The number of nitrogens with zero attached hydrogens (tertiary/aromatic N) is 1. The molecule has 1 aliphatic rings. The Bertz CT molecular complexity index is 597. The Labute approximate surface area is 119 Å². The molecule has 0 spiro atoms. The van der Waals surface area contributed by atoms with Gasteiger partial charge in [0, 0.05) is 32.6 Å². The number of fused-ring (bicyclic) bond motifs is 1. The largest absolute Gasteiger partial charge is 0.372 e. The molecule has 1 unspecified atom stereocenters. The van der Waals surface area contributed by atoms with Crippen LogP contribution in [0.5, 0.6) is 0 Å². The molecule has 20 heavy (non-hydrogen) atoms. The van der Waals surface area contributed by atoms with E-state index in [-0.39, 0.29) is 5.82 Å². The first-order valence-electron chi connectivity index (χ1n) is 7.00. The Kier molecular flexibility index (Phi) is 3.70. The molecular formula is C17H19FN2. The van der Waals surface area contributed by atoms with Crippen molar-refractivity contribution >= 4 is 5.69 Å². The maximum Gasteiger partial charge on any atom is 0.146 e. The SMILES string of the molecule is CN(CC1CNCc2ccccc21)c1ccccc1F. The van der Waals surface area contributed by atoms with Crippen LogP contribution in [0.1, 0.15) is 17.0 Å². The highest BCUT2D eigenvalue weighted by molar-refractivity contribution is 5.47. The first kappa shape index (κ1) is 13.1. The van der Waals surface area contributed by atoms with Gasteiger partial charge in [0.15, 0.2) is 0 Å². The summed E-state index contributed by atoms with van der Waals surface area (Å²) in [4.78, 5) is 2.00. The third-order valence-electron chi connectivity index (χ3n) is 3.96. The molecule has 104 valence electrons. The fourth-order valence-corrected chi connectivity index (χ4v) is 2.94. The van der Waals surface area contributed by atoms with Gasteiger partial charge in [-0.25, -0.2) is 4.39 Å². The van der Waals surface area contributed by atoms with Crippen molar-refractivity contribution in [2.75, 3.05) is 25.0 Å². The molecule has 0 radical (unpaired) electrons. The zero-order valence-corrected chi connectivity index (χ0v) is 11.6. The summed E-state index contributed by atoms with van der Waals surface area (Å²) in [6.45, 7) is 2.68. The number of para-hydroxylation sites is 1. The fraction of sp³-hybridized carbons (Fsp3) is 0.294. The highest BCUT2D eigenvalue weighted by Crippen LogP contribution is 2.26. The molecule has 3 rings (SSSR count). The van der Waals surface area contributed by atoms with E-state index in [9.17, 15) is 4.39 Å². The first-order chi connectivity index (χ1) is 9.75. The maximum atomic E-state index is 13.8. The van der Waals surface area contributed by atoms with Gasteiger partial charge in [0.25, 0.3) is 0 Å². The van der Waals surface area contributed by atoms with E-state index in [0.717, 1.165) is 19.6 Å². The molecule has 0 fully saturated rings. The summed E-state index contributed by atoms with van der Waals surface area (Å²) in [6.07, 6.45) is 0. The smallest absolute Gasteiger partial charge is 0.146 e. The minimum Gasteiger partial charge on any atom is -0.372 e. The average molecular weight is 270 g/mol. The monoisotopic (exact) mass is 270 g/mol. The number of hydrogen-bond acceptors (Lipinski definition) is 2.